The minimum atomic E-state index is -0.978. The molecule has 1 atom stereocenters. The number of methoxy groups -OCH3 is 1. The van der Waals surface area contributed by atoms with Crippen LogP contribution in [0.3, 0.4) is 0 Å². The first-order valence-corrected chi connectivity index (χ1v) is 7.64. The summed E-state index contributed by atoms with van der Waals surface area (Å²) in [6, 6.07) is 5.58. The number of para-hydroxylation sites is 1. The van der Waals surface area contributed by atoms with Crippen molar-refractivity contribution in [3.8, 4) is 11.5 Å². The van der Waals surface area contributed by atoms with Crippen LogP contribution in [-0.2, 0) is 0 Å². The molecule has 1 aromatic rings. The summed E-state index contributed by atoms with van der Waals surface area (Å²) in [6.45, 7) is 8.23. The van der Waals surface area contributed by atoms with Crippen molar-refractivity contribution < 1.29 is 14.7 Å². The van der Waals surface area contributed by atoms with E-state index in [2.05, 4.69) is 18.8 Å². The van der Waals surface area contributed by atoms with E-state index in [-0.39, 0.29) is 11.0 Å². The number of aliphatic imine (C=N–C) groups is 1. The minimum Gasteiger partial charge on any atom is -0.494 e. The molecule has 2 aliphatic rings. The molecule has 0 unspecified atom stereocenters. The van der Waals surface area contributed by atoms with Crippen LogP contribution in [0.4, 0.5) is 5.69 Å². The molecule has 1 spiro atoms. The van der Waals surface area contributed by atoms with Crippen molar-refractivity contribution in [2.45, 2.75) is 51.8 Å². The van der Waals surface area contributed by atoms with Gasteiger partial charge in [0.1, 0.15) is 11.4 Å². The van der Waals surface area contributed by atoms with E-state index in [4.69, 9.17) is 9.47 Å². The minimum absolute atomic E-state index is 0.276. The Hall–Kier alpha value is -1.59. The number of nitrogens with zero attached hydrogens (tertiary/aromatic N) is 2. The molecular weight excluding hydrogens is 280 g/mol. The van der Waals surface area contributed by atoms with E-state index in [1.165, 1.54) is 5.06 Å². The first-order chi connectivity index (χ1) is 10.2. The number of hydroxylamine groups is 2. The zero-order chi connectivity index (χ0) is 16.2. The van der Waals surface area contributed by atoms with Gasteiger partial charge in [-0.05, 0) is 38.8 Å². The molecule has 2 heterocycles. The van der Waals surface area contributed by atoms with Crippen molar-refractivity contribution in [2.24, 2.45) is 10.4 Å². The lowest BCUT2D eigenvalue weighted by Crippen LogP contribution is -2.71. The number of ether oxygens (including phenoxy) is 2. The van der Waals surface area contributed by atoms with Crippen LogP contribution in [0, 0.1) is 5.41 Å². The monoisotopic (exact) mass is 304 g/mol. The van der Waals surface area contributed by atoms with Crippen LogP contribution in [0.2, 0.25) is 0 Å². The molecule has 3 rings (SSSR count). The summed E-state index contributed by atoms with van der Waals surface area (Å²) in [7, 11) is 1.61. The molecular formula is C17H24N2O3. The third-order valence-corrected chi connectivity index (χ3v) is 5.04. The van der Waals surface area contributed by atoms with E-state index in [1.54, 1.807) is 13.3 Å². The lowest BCUT2D eigenvalue weighted by Gasteiger charge is -2.57. The molecule has 0 bridgehead atoms. The van der Waals surface area contributed by atoms with Gasteiger partial charge in [-0.2, -0.15) is 0 Å². The molecule has 1 fully saturated rings. The number of fused-ring (bicyclic) bond motifs is 1. The Balaban J connectivity index is 2.12. The zero-order valence-electron chi connectivity index (χ0n) is 13.9. The van der Waals surface area contributed by atoms with E-state index in [0.717, 1.165) is 12.8 Å². The zero-order valence-corrected chi connectivity index (χ0v) is 13.9. The Bertz CT molecular complexity index is 624. The lowest BCUT2D eigenvalue weighted by molar-refractivity contribution is -0.318. The third-order valence-electron chi connectivity index (χ3n) is 5.04. The van der Waals surface area contributed by atoms with Crippen LogP contribution in [0.5, 0.6) is 11.5 Å². The molecule has 120 valence electrons. The van der Waals surface area contributed by atoms with Gasteiger partial charge in [0.15, 0.2) is 5.75 Å². The second kappa shape index (κ2) is 4.70. The van der Waals surface area contributed by atoms with Crippen molar-refractivity contribution in [3.63, 3.8) is 0 Å². The highest BCUT2D eigenvalue weighted by Gasteiger charge is 2.59. The van der Waals surface area contributed by atoms with E-state index in [1.807, 2.05) is 32.0 Å². The molecule has 5 nitrogen and oxygen atoms in total. The second-order valence-corrected chi connectivity index (χ2v) is 7.37. The number of hydrogen-bond donors (Lipinski definition) is 1. The predicted molar refractivity (Wildman–Crippen MR) is 85.2 cm³/mol. The van der Waals surface area contributed by atoms with Crippen LogP contribution in [0.25, 0.3) is 0 Å². The maximum atomic E-state index is 10.9. The van der Waals surface area contributed by atoms with Crippen LogP contribution in [0.15, 0.2) is 23.2 Å². The van der Waals surface area contributed by atoms with E-state index < -0.39 is 5.72 Å². The second-order valence-electron chi connectivity index (χ2n) is 7.37. The molecule has 1 aromatic carbocycles. The van der Waals surface area contributed by atoms with E-state index in [0.29, 0.717) is 17.2 Å². The lowest BCUT2D eigenvalue weighted by atomic mass is 9.69. The van der Waals surface area contributed by atoms with Crippen LogP contribution in [-0.4, -0.2) is 34.9 Å². The summed E-state index contributed by atoms with van der Waals surface area (Å²) >= 11 is 0. The average molecular weight is 304 g/mol. The number of benzene rings is 1. The van der Waals surface area contributed by atoms with Crippen molar-refractivity contribution in [3.05, 3.63) is 18.2 Å². The van der Waals surface area contributed by atoms with Gasteiger partial charge in [-0.3, -0.25) is 0 Å². The summed E-state index contributed by atoms with van der Waals surface area (Å²) in [5.41, 5.74) is -0.962. The van der Waals surface area contributed by atoms with Gasteiger partial charge in [0, 0.05) is 11.0 Å². The van der Waals surface area contributed by atoms with E-state index in [9.17, 15) is 5.21 Å². The summed E-state index contributed by atoms with van der Waals surface area (Å²) in [6.07, 6.45) is 3.54. The third kappa shape index (κ3) is 1.96. The molecule has 1 N–H and O–H groups in total. The molecule has 0 amide bonds. The van der Waals surface area contributed by atoms with Crippen molar-refractivity contribution in [2.75, 3.05) is 7.11 Å². The van der Waals surface area contributed by atoms with Crippen molar-refractivity contribution in [1.82, 2.24) is 5.06 Å². The molecule has 0 saturated carbocycles. The first-order valence-electron chi connectivity index (χ1n) is 7.64. The summed E-state index contributed by atoms with van der Waals surface area (Å²) in [5, 5.41) is 12.2. The molecule has 22 heavy (non-hydrogen) atoms. The number of rotatable bonds is 1. The largest absolute Gasteiger partial charge is 0.494 e. The fraction of sp³-hybridized carbons (Fsp3) is 0.588. The van der Waals surface area contributed by atoms with Crippen molar-refractivity contribution in [1.29, 1.82) is 0 Å². The number of piperidine rings is 1. The molecule has 1 saturated heterocycles. The van der Waals surface area contributed by atoms with Gasteiger partial charge in [-0.1, -0.05) is 19.9 Å². The van der Waals surface area contributed by atoms with Gasteiger partial charge in [0.25, 0.3) is 0 Å². The highest BCUT2D eigenvalue weighted by molar-refractivity contribution is 5.80. The van der Waals surface area contributed by atoms with Gasteiger partial charge in [0.05, 0.1) is 13.3 Å². The summed E-state index contributed by atoms with van der Waals surface area (Å²) in [5.74, 6) is 1.30. The topological polar surface area (TPSA) is 54.3 Å². The van der Waals surface area contributed by atoms with E-state index >= 15 is 0 Å². The highest BCUT2D eigenvalue weighted by atomic mass is 16.6. The molecule has 2 aliphatic heterocycles. The van der Waals surface area contributed by atoms with Crippen LogP contribution >= 0.6 is 0 Å². The fourth-order valence-electron chi connectivity index (χ4n) is 3.27. The average Bonchev–Trinajstić information content (AvgIpc) is 2.49. The number of hydrogen-bond acceptors (Lipinski definition) is 5. The molecule has 0 aliphatic carbocycles. The van der Waals surface area contributed by atoms with Gasteiger partial charge in [-0.15, -0.1) is 5.06 Å². The van der Waals surface area contributed by atoms with Crippen LogP contribution in [0.1, 0.15) is 40.5 Å². The fourth-order valence-corrected chi connectivity index (χ4v) is 3.27. The molecule has 5 heteroatoms. The molecule has 0 radical (unpaired) electrons. The van der Waals surface area contributed by atoms with Crippen LogP contribution < -0.4 is 9.47 Å². The summed E-state index contributed by atoms with van der Waals surface area (Å²) < 4.78 is 11.7. The molecule has 0 aromatic heterocycles. The SMILES string of the molecule is COc1cccc2c1N=C[C@]1(O2)N(O)C(C)(C)CCC1(C)C. The highest BCUT2D eigenvalue weighted by Crippen LogP contribution is 2.52. The Morgan fingerprint density at radius 3 is 2.64 bits per heavy atom. The van der Waals surface area contributed by atoms with Gasteiger partial charge in [-0.25, -0.2) is 4.99 Å². The first kappa shape index (κ1) is 15.3. The maximum absolute atomic E-state index is 10.9. The Kier molecular flexibility index (Phi) is 3.27. The predicted octanol–water partition coefficient (Wildman–Crippen LogP) is 3.78. The summed E-state index contributed by atoms with van der Waals surface area (Å²) in [4.78, 5) is 4.58. The maximum Gasteiger partial charge on any atom is 0.226 e. The Labute approximate surface area is 131 Å². The smallest absolute Gasteiger partial charge is 0.226 e. The van der Waals surface area contributed by atoms with Gasteiger partial charge < -0.3 is 14.7 Å². The standard InChI is InChI=1S/C17H24N2O3/c1-15(2)9-10-16(3,4)19(20)17(15)11-18-14-12(21-5)7-6-8-13(14)22-17/h6-8,11,20H,9-10H2,1-5H3/t17-/m1/s1. The Morgan fingerprint density at radius 1 is 1.23 bits per heavy atom. The normalized spacial score (nSPS) is 29.0. The van der Waals surface area contributed by atoms with Gasteiger partial charge >= 0.3 is 0 Å². The Morgan fingerprint density at radius 2 is 1.95 bits per heavy atom. The van der Waals surface area contributed by atoms with Crippen molar-refractivity contribution >= 4 is 11.9 Å². The van der Waals surface area contributed by atoms with Gasteiger partial charge in [0.2, 0.25) is 5.72 Å². The quantitative estimate of drug-likeness (QED) is 0.858.